The first kappa shape index (κ1) is 27.1. The molecule has 8 heteroatoms. The van der Waals surface area contributed by atoms with E-state index in [1.807, 2.05) is 57.2 Å². The van der Waals surface area contributed by atoms with Gasteiger partial charge in [-0.25, -0.2) is 8.42 Å². The summed E-state index contributed by atoms with van der Waals surface area (Å²) in [7, 11) is -3.92. The fourth-order valence-corrected chi connectivity index (χ4v) is 6.23. The number of aryl methyl sites for hydroxylation is 3. The van der Waals surface area contributed by atoms with Crippen LogP contribution in [-0.4, -0.2) is 33.2 Å². The molecular formula is C27H31ClN2O3S2. The summed E-state index contributed by atoms with van der Waals surface area (Å²) in [4.78, 5) is 13.0. The van der Waals surface area contributed by atoms with Crippen molar-refractivity contribution in [1.82, 2.24) is 5.32 Å². The number of carbonyl (C=O) groups excluding carboxylic acids is 1. The number of anilines is 1. The van der Waals surface area contributed by atoms with Crippen molar-refractivity contribution in [1.29, 1.82) is 0 Å². The molecule has 1 N–H and O–H groups in total. The lowest BCUT2D eigenvalue weighted by Gasteiger charge is -2.26. The molecule has 0 radical (unpaired) electrons. The number of amides is 1. The van der Waals surface area contributed by atoms with E-state index in [1.54, 1.807) is 42.1 Å². The van der Waals surface area contributed by atoms with Crippen LogP contribution in [0.3, 0.4) is 0 Å². The molecule has 0 bridgehead atoms. The number of hydrogen-bond acceptors (Lipinski definition) is 4. The van der Waals surface area contributed by atoms with Crippen molar-refractivity contribution in [3.05, 3.63) is 94.0 Å². The molecule has 3 rings (SSSR count). The molecule has 0 aliphatic carbocycles. The summed E-state index contributed by atoms with van der Waals surface area (Å²) in [5.74, 6) is 1.33. The maximum Gasteiger partial charge on any atom is 0.264 e. The lowest BCUT2D eigenvalue weighted by atomic mass is 10.1. The largest absolute Gasteiger partial charge is 0.354 e. The number of nitrogens with zero attached hydrogens (tertiary/aromatic N) is 1. The number of rotatable bonds is 11. The first-order valence-electron chi connectivity index (χ1n) is 11.4. The number of benzene rings is 3. The second-order valence-electron chi connectivity index (χ2n) is 8.46. The zero-order chi connectivity index (χ0) is 25.4. The van der Waals surface area contributed by atoms with E-state index in [9.17, 15) is 13.2 Å². The van der Waals surface area contributed by atoms with Gasteiger partial charge in [-0.2, -0.15) is 11.8 Å². The summed E-state index contributed by atoms with van der Waals surface area (Å²) in [6, 6.07) is 20.0. The SMILES string of the molecule is Cc1ccc(S(=O)(=O)N(CC(=O)NCCCSCc2ccccc2Cl)c2cc(C)ccc2C)cc1. The summed E-state index contributed by atoms with van der Waals surface area (Å²) < 4.78 is 28.3. The van der Waals surface area contributed by atoms with Crippen molar-refractivity contribution in [3.63, 3.8) is 0 Å². The van der Waals surface area contributed by atoms with E-state index in [0.717, 1.165) is 45.2 Å². The predicted molar refractivity (Wildman–Crippen MR) is 147 cm³/mol. The molecule has 186 valence electrons. The van der Waals surface area contributed by atoms with Crippen molar-refractivity contribution < 1.29 is 13.2 Å². The maximum absolute atomic E-state index is 13.6. The van der Waals surface area contributed by atoms with Gasteiger partial charge in [-0.15, -0.1) is 0 Å². The Morgan fingerprint density at radius 1 is 0.971 bits per heavy atom. The van der Waals surface area contributed by atoms with Crippen LogP contribution in [0.4, 0.5) is 5.69 Å². The van der Waals surface area contributed by atoms with Crippen molar-refractivity contribution in [2.45, 2.75) is 37.8 Å². The molecule has 0 aliphatic rings. The van der Waals surface area contributed by atoms with E-state index >= 15 is 0 Å². The molecule has 0 atom stereocenters. The number of thioether (sulfide) groups is 1. The molecule has 0 saturated heterocycles. The molecule has 0 spiro atoms. The Labute approximate surface area is 217 Å². The van der Waals surface area contributed by atoms with E-state index in [0.29, 0.717) is 12.2 Å². The maximum atomic E-state index is 13.6. The van der Waals surface area contributed by atoms with Gasteiger partial charge in [0.15, 0.2) is 0 Å². The lowest BCUT2D eigenvalue weighted by molar-refractivity contribution is -0.119. The highest BCUT2D eigenvalue weighted by Gasteiger charge is 2.28. The first-order chi connectivity index (χ1) is 16.7. The Morgan fingerprint density at radius 3 is 2.37 bits per heavy atom. The van der Waals surface area contributed by atoms with Crippen LogP contribution >= 0.6 is 23.4 Å². The molecule has 0 aromatic heterocycles. The van der Waals surface area contributed by atoms with E-state index in [2.05, 4.69) is 5.32 Å². The minimum absolute atomic E-state index is 0.160. The monoisotopic (exact) mass is 530 g/mol. The van der Waals surface area contributed by atoms with Crippen LogP contribution in [0.15, 0.2) is 71.6 Å². The Morgan fingerprint density at radius 2 is 1.66 bits per heavy atom. The van der Waals surface area contributed by atoms with Crippen molar-refractivity contribution in [2.75, 3.05) is 23.1 Å². The van der Waals surface area contributed by atoms with Crippen LogP contribution in [-0.2, 0) is 20.6 Å². The molecule has 35 heavy (non-hydrogen) atoms. The number of sulfonamides is 1. The number of halogens is 1. The second kappa shape index (κ2) is 12.5. The third-order valence-electron chi connectivity index (χ3n) is 5.53. The Kier molecular flexibility index (Phi) is 9.66. The van der Waals surface area contributed by atoms with Gasteiger partial charge < -0.3 is 5.32 Å². The molecule has 0 aliphatic heterocycles. The summed E-state index contributed by atoms with van der Waals surface area (Å²) >= 11 is 7.94. The van der Waals surface area contributed by atoms with Gasteiger partial charge in [-0.1, -0.05) is 59.6 Å². The highest BCUT2D eigenvalue weighted by Crippen LogP contribution is 2.28. The number of carbonyl (C=O) groups is 1. The van der Waals surface area contributed by atoms with Crippen LogP contribution in [0.1, 0.15) is 28.7 Å². The number of nitrogens with one attached hydrogen (secondary N) is 1. The molecule has 0 saturated carbocycles. The molecular weight excluding hydrogens is 500 g/mol. The smallest absolute Gasteiger partial charge is 0.264 e. The third kappa shape index (κ3) is 7.50. The van der Waals surface area contributed by atoms with Gasteiger partial charge in [0.1, 0.15) is 6.54 Å². The van der Waals surface area contributed by atoms with Gasteiger partial charge in [0.05, 0.1) is 10.6 Å². The average molecular weight is 531 g/mol. The van der Waals surface area contributed by atoms with Crippen molar-refractivity contribution in [2.24, 2.45) is 0 Å². The molecule has 3 aromatic rings. The van der Waals surface area contributed by atoms with E-state index in [-0.39, 0.29) is 17.3 Å². The fraction of sp³-hybridized carbons (Fsp3) is 0.296. The highest BCUT2D eigenvalue weighted by molar-refractivity contribution is 7.98. The predicted octanol–water partition coefficient (Wildman–Crippen LogP) is 5.90. The zero-order valence-electron chi connectivity index (χ0n) is 20.3. The Bertz CT molecular complexity index is 1260. The van der Waals surface area contributed by atoms with Gasteiger partial charge in [0.25, 0.3) is 10.0 Å². The van der Waals surface area contributed by atoms with Crippen LogP contribution in [0.5, 0.6) is 0 Å². The summed E-state index contributed by atoms with van der Waals surface area (Å²) in [6.45, 7) is 5.84. The average Bonchev–Trinajstić information content (AvgIpc) is 2.82. The fourth-order valence-electron chi connectivity index (χ4n) is 3.51. The van der Waals surface area contributed by atoms with Crippen molar-refractivity contribution >= 4 is 45.0 Å². The summed E-state index contributed by atoms with van der Waals surface area (Å²) in [5.41, 5.74) is 4.28. The van der Waals surface area contributed by atoms with E-state index in [1.165, 1.54) is 4.31 Å². The van der Waals surface area contributed by atoms with Gasteiger partial charge in [-0.05, 0) is 73.9 Å². The zero-order valence-corrected chi connectivity index (χ0v) is 22.6. The normalized spacial score (nSPS) is 11.3. The molecule has 0 heterocycles. The van der Waals surface area contributed by atoms with Crippen LogP contribution in [0.2, 0.25) is 5.02 Å². The topological polar surface area (TPSA) is 66.5 Å². The second-order valence-corrected chi connectivity index (χ2v) is 11.8. The van der Waals surface area contributed by atoms with Crippen LogP contribution < -0.4 is 9.62 Å². The van der Waals surface area contributed by atoms with Crippen LogP contribution in [0.25, 0.3) is 0 Å². The van der Waals surface area contributed by atoms with Crippen LogP contribution in [0, 0.1) is 20.8 Å². The standard InChI is InChI=1S/C27H31ClN2O3S2/c1-20-10-13-24(14-11-20)35(32,33)30(26-17-21(2)9-12-22(26)3)18-27(31)29-15-6-16-34-19-23-7-4-5-8-25(23)28/h4-5,7-14,17H,6,15-16,18-19H2,1-3H3,(H,29,31). The molecule has 1 amide bonds. The Balaban J connectivity index is 1.64. The van der Waals surface area contributed by atoms with Gasteiger partial charge in [-0.3, -0.25) is 9.10 Å². The highest BCUT2D eigenvalue weighted by atomic mass is 35.5. The Hall–Kier alpha value is -2.48. The molecule has 3 aromatic carbocycles. The molecule has 0 fully saturated rings. The first-order valence-corrected chi connectivity index (χ1v) is 14.4. The van der Waals surface area contributed by atoms with Crippen molar-refractivity contribution in [3.8, 4) is 0 Å². The van der Waals surface area contributed by atoms with E-state index in [4.69, 9.17) is 11.6 Å². The number of hydrogen-bond donors (Lipinski definition) is 1. The van der Waals surface area contributed by atoms with E-state index < -0.39 is 10.0 Å². The van der Waals surface area contributed by atoms with Gasteiger partial charge >= 0.3 is 0 Å². The minimum Gasteiger partial charge on any atom is -0.354 e. The lowest BCUT2D eigenvalue weighted by Crippen LogP contribution is -2.41. The van der Waals surface area contributed by atoms with Gasteiger partial charge in [0, 0.05) is 17.3 Å². The quantitative estimate of drug-likeness (QED) is 0.313. The summed E-state index contributed by atoms with van der Waals surface area (Å²) in [5, 5.41) is 3.63. The molecule has 0 unspecified atom stereocenters. The third-order valence-corrected chi connectivity index (χ3v) is 8.77. The minimum atomic E-state index is -3.92. The summed E-state index contributed by atoms with van der Waals surface area (Å²) in [6.07, 6.45) is 0.773. The van der Waals surface area contributed by atoms with Gasteiger partial charge in [0.2, 0.25) is 5.91 Å². The molecule has 5 nitrogen and oxygen atoms in total.